The van der Waals surface area contributed by atoms with E-state index in [1.807, 2.05) is 33.8 Å². The summed E-state index contributed by atoms with van der Waals surface area (Å²) in [4.78, 5) is 21.2. The van der Waals surface area contributed by atoms with Gasteiger partial charge in [0.05, 0.1) is 13.2 Å². The molecule has 3 aromatic rings. The van der Waals surface area contributed by atoms with E-state index >= 15 is 0 Å². The fraction of sp³-hybridized carbons (Fsp3) is 0.400. The summed E-state index contributed by atoms with van der Waals surface area (Å²) >= 11 is 0. The third kappa shape index (κ3) is 4.39. The molecule has 2 aromatic heterocycles. The molecule has 0 spiro atoms. The van der Waals surface area contributed by atoms with Gasteiger partial charge >= 0.3 is 0 Å². The first-order valence-electron chi connectivity index (χ1n) is 9.43. The van der Waals surface area contributed by atoms with Crippen LogP contribution in [0.25, 0.3) is 5.78 Å². The second-order valence-electron chi connectivity index (χ2n) is 6.50. The van der Waals surface area contributed by atoms with E-state index in [-0.39, 0.29) is 5.82 Å². The van der Waals surface area contributed by atoms with Gasteiger partial charge in [-0.1, -0.05) is 13.8 Å². The molecule has 0 bridgehead atoms. The van der Waals surface area contributed by atoms with E-state index < -0.39 is 5.91 Å². The molecular formula is C20H25N5O3. The number of rotatable bonds is 8. The first-order valence-corrected chi connectivity index (χ1v) is 9.43. The normalized spacial score (nSPS) is 10.9. The number of anilines is 1. The van der Waals surface area contributed by atoms with Crippen LogP contribution in [-0.2, 0) is 0 Å². The van der Waals surface area contributed by atoms with Crippen LogP contribution in [0.5, 0.6) is 11.5 Å². The van der Waals surface area contributed by atoms with Gasteiger partial charge in [-0.25, -0.2) is 9.50 Å². The van der Waals surface area contributed by atoms with Crippen molar-refractivity contribution in [2.75, 3.05) is 18.5 Å². The number of aromatic nitrogens is 4. The second-order valence-corrected chi connectivity index (χ2v) is 6.50. The predicted molar refractivity (Wildman–Crippen MR) is 106 cm³/mol. The standard InChI is InChI=1S/C20H25N5O3/c1-5-9-27-16-8-7-15(12-17(16)28-10-6-2)22-19(26)18-23-20-21-13(3)11-14(4)25(20)24-18/h7-8,11-12H,5-6,9-10H2,1-4H3,(H,22,26). The second kappa shape index (κ2) is 8.69. The number of amides is 1. The van der Waals surface area contributed by atoms with Crippen LogP contribution >= 0.6 is 0 Å². The molecule has 0 unspecified atom stereocenters. The minimum atomic E-state index is -0.411. The number of carbonyl (C=O) groups is 1. The van der Waals surface area contributed by atoms with Crippen molar-refractivity contribution in [2.45, 2.75) is 40.5 Å². The van der Waals surface area contributed by atoms with Gasteiger partial charge in [0.15, 0.2) is 11.5 Å². The van der Waals surface area contributed by atoms with Crippen molar-refractivity contribution in [3.8, 4) is 11.5 Å². The first-order chi connectivity index (χ1) is 13.5. The maximum Gasteiger partial charge on any atom is 0.295 e. The monoisotopic (exact) mass is 383 g/mol. The molecule has 1 aromatic carbocycles. The van der Waals surface area contributed by atoms with E-state index in [1.165, 1.54) is 0 Å². The molecule has 1 amide bonds. The van der Waals surface area contributed by atoms with Crippen molar-refractivity contribution >= 4 is 17.4 Å². The van der Waals surface area contributed by atoms with Gasteiger partial charge < -0.3 is 14.8 Å². The highest BCUT2D eigenvalue weighted by molar-refractivity contribution is 6.01. The van der Waals surface area contributed by atoms with Crippen molar-refractivity contribution < 1.29 is 14.3 Å². The number of ether oxygens (including phenoxy) is 2. The van der Waals surface area contributed by atoms with Crippen LogP contribution in [-0.4, -0.2) is 38.7 Å². The van der Waals surface area contributed by atoms with Crippen LogP contribution in [0.1, 0.15) is 48.7 Å². The van der Waals surface area contributed by atoms with E-state index in [0.29, 0.717) is 36.2 Å². The lowest BCUT2D eigenvalue weighted by molar-refractivity contribution is 0.101. The van der Waals surface area contributed by atoms with Crippen molar-refractivity contribution in [1.29, 1.82) is 0 Å². The van der Waals surface area contributed by atoms with Gasteiger partial charge in [0.25, 0.3) is 11.7 Å². The predicted octanol–water partition coefficient (Wildman–Crippen LogP) is 3.57. The van der Waals surface area contributed by atoms with Gasteiger partial charge in [-0.05, 0) is 44.9 Å². The van der Waals surface area contributed by atoms with Crippen LogP contribution < -0.4 is 14.8 Å². The SMILES string of the molecule is CCCOc1ccc(NC(=O)c2nc3nc(C)cc(C)n3n2)cc1OCCC. The van der Waals surface area contributed by atoms with Crippen LogP contribution in [0, 0.1) is 13.8 Å². The van der Waals surface area contributed by atoms with Gasteiger partial charge in [-0.2, -0.15) is 4.98 Å². The Kier molecular flexibility index (Phi) is 6.08. The van der Waals surface area contributed by atoms with Crippen molar-refractivity contribution in [2.24, 2.45) is 0 Å². The van der Waals surface area contributed by atoms with Gasteiger partial charge in [-0.3, -0.25) is 4.79 Å². The molecule has 0 aliphatic carbocycles. The molecule has 0 aliphatic rings. The summed E-state index contributed by atoms with van der Waals surface area (Å²) in [6, 6.07) is 7.20. The Hall–Kier alpha value is -3.16. The molecule has 28 heavy (non-hydrogen) atoms. The van der Waals surface area contributed by atoms with Crippen LogP contribution in [0.4, 0.5) is 5.69 Å². The lowest BCUT2D eigenvalue weighted by Crippen LogP contribution is -2.14. The van der Waals surface area contributed by atoms with Gasteiger partial charge in [0.2, 0.25) is 5.82 Å². The maximum atomic E-state index is 12.6. The number of aryl methyl sites for hydroxylation is 2. The molecular weight excluding hydrogens is 358 g/mol. The summed E-state index contributed by atoms with van der Waals surface area (Å²) in [5.41, 5.74) is 2.27. The largest absolute Gasteiger partial charge is 0.490 e. The Balaban J connectivity index is 1.82. The topological polar surface area (TPSA) is 90.6 Å². The van der Waals surface area contributed by atoms with Crippen LogP contribution in [0.3, 0.4) is 0 Å². The number of hydrogen-bond donors (Lipinski definition) is 1. The van der Waals surface area contributed by atoms with Gasteiger partial charge in [0.1, 0.15) is 0 Å². The fourth-order valence-electron chi connectivity index (χ4n) is 2.69. The van der Waals surface area contributed by atoms with Crippen LogP contribution in [0.15, 0.2) is 24.3 Å². The van der Waals surface area contributed by atoms with Crippen molar-refractivity contribution in [3.05, 3.63) is 41.5 Å². The summed E-state index contributed by atoms with van der Waals surface area (Å²) in [5.74, 6) is 1.31. The average molecular weight is 383 g/mol. The molecule has 8 nitrogen and oxygen atoms in total. The Morgan fingerprint density at radius 1 is 1.04 bits per heavy atom. The molecule has 148 valence electrons. The van der Waals surface area contributed by atoms with E-state index in [2.05, 4.69) is 20.4 Å². The summed E-state index contributed by atoms with van der Waals surface area (Å²) < 4.78 is 13.0. The molecule has 8 heteroatoms. The molecule has 0 fully saturated rings. The summed E-state index contributed by atoms with van der Waals surface area (Å²) in [5, 5.41) is 7.07. The molecule has 1 N–H and O–H groups in total. The fourth-order valence-corrected chi connectivity index (χ4v) is 2.69. The van der Waals surface area contributed by atoms with E-state index in [4.69, 9.17) is 9.47 Å². The Bertz CT molecular complexity index is 983. The lowest BCUT2D eigenvalue weighted by Gasteiger charge is -2.13. The molecule has 2 heterocycles. The number of nitrogens with zero attached hydrogens (tertiary/aromatic N) is 4. The maximum absolute atomic E-state index is 12.6. The van der Waals surface area contributed by atoms with Gasteiger partial charge in [0, 0.05) is 23.1 Å². The van der Waals surface area contributed by atoms with Crippen molar-refractivity contribution in [3.63, 3.8) is 0 Å². The zero-order chi connectivity index (χ0) is 20.1. The molecule has 0 atom stereocenters. The third-order valence-corrected chi connectivity index (χ3v) is 3.95. The minimum absolute atomic E-state index is 0.0588. The highest BCUT2D eigenvalue weighted by atomic mass is 16.5. The quantitative estimate of drug-likeness (QED) is 0.639. The van der Waals surface area contributed by atoms with Crippen molar-refractivity contribution in [1.82, 2.24) is 19.6 Å². The van der Waals surface area contributed by atoms with E-state index in [9.17, 15) is 4.79 Å². The summed E-state index contributed by atoms with van der Waals surface area (Å²) in [6.45, 7) is 9.02. The molecule has 0 saturated heterocycles. The number of benzene rings is 1. The number of hydrogen-bond acceptors (Lipinski definition) is 6. The number of nitrogens with one attached hydrogen (secondary N) is 1. The number of carbonyl (C=O) groups excluding carboxylic acids is 1. The van der Waals surface area contributed by atoms with E-state index in [0.717, 1.165) is 24.2 Å². The summed E-state index contributed by atoms with van der Waals surface area (Å²) in [7, 11) is 0. The zero-order valence-electron chi connectivity index (χ0n) is 16.7. The first kappa shape index (κ1) is 19.6. The summed E-state index contributed by atoms with van der Waals surface area (Å²) in [6.07, 6.45) is 1.78. The minimum Gasteiger partial charge on any atom is -0.490 e. The highest BCUT2D eigenvalue weighted by Crippen LogP contribution is 2.31. The highest BCUT2D eigenvalue weighted by Gasteiger charge is 2.16. The van der Waals surface area contributed by atoms with Gasteiger partial charge in [-0.15, -0.1) is 5.10 Å². The third-order valence-electron chi connectivity index (χ3n) is 3.95. The van der Waals surface area contributed by atoms with Crippen LogP contribution in [0.2, 0.25) is 0 Å². The van der Waals surface area contributed by atoms with E-state index in [1.54, 1.807) is 22.7 Å². The Morgan fingerprint density at radius 2 is 1.75 bits per heavy atom. The zero-order valence-corrected chi connectivity index (χ0v) is 16.7. The number of fused-ring (bicyclic) bond motifs is 1. The average Bonchev–Trinajstić information content (AvgIpc) is 3.10. The molecule has 0 radical (unpaired) electrons. The lowest BCUT2D eigenvalue weighted by atomic mass is 10.2. The smallest absolute Gasteiger partial charge is 0.295 e. The Morgan fingerprint density at radius 3 is 2.46 bits per heavy atom. The molecule has 3 rings (SSSR count). The Labute approximate surface area is 163 Å². The molecule has 0 aliphatic heterocycles. The molecule has 0 saturated carbocycles.